The first-order chi connectivity index (χ1) is 9.73. The largest absolute Gasteiger partial charge is 0.396 e. The van der Waals surface area contributed by atoms with E-state index >= 15 is 0 Å². The van der Waals surface area contributed by atoms with Crippen molar-refractivity contribution in [1.82, 2.24) is 4.90 Å². The molecule has 116 valence electrons. The average molecular weight is 330 g/mol. The maximum atomic E-state index is 11.9. The Bertz CT molecular complexity index is 671. The molecule has 1 rings (SSSR count). The van der Waals surface area contributed by atoms with Crippen LogP contribution < -0.4 is 11.1 Å². The van der Waals surface area contributed by atoms with E-state index in [0.29, 0.717) is 5.00 Å². The van der Waals surface area contributed by atoms with E-state index in [1.54, 1.807) is 21.0 Å². The Kier molecular flexibility index (Phi) is 5.57. The lowest BCUT2D eigenvalue weighted by Crippen LogP contribution is -2.21. The minimum absolute atomic E-state index is 0.0386. The van der Waals surface area contributed by atoms with Crippen LogP contribution in [-0.4, -0.2) is 51.4 Å². The van der Waals surface area contributed by atoms with Crippen molar-refractivity contribution in [3.05, 3.63) is 10.4 Å². The zero-order chi connectivity index (χ0) is 16.2. The minimum atomic E-state index is -3.09. The van der Waals surface area contributed by atoms with Gasteiger partial charge in [-0.1, -0.05) is 6.92 Å². The normalized spacial score (nSPS) is 11.0. The van der Waals surface area contributed by atoms with Crippen LogP contribution in [0.3, 0.4) is 0 Å². The fourth-order valence-corrected chi connectivity index (χ4v) is 3.33. The summed E-state index contributed by atoms with van der Waals surface area (Å²) in [6.45, 7) is 1.74. The van der Waals surface area contributed by atoms with Gasteiger partial charge in [0.05, 0.1) is 11.4 Å². The number of anilines is 2. The number of amides is 1. The van der Waals surface area contributed by atoms with Crippen LogP contribution in [0.2, 0.25) is 0 Å². The quantitative estimate of drug-likeness (QED) is 0.795. The second-order valence-electron chi connectivity index (χ2n) is 4.52. The van der Waals surface area contributed by atoms with Gasteiger partial charge < -0.3 is 16.0 Å². The number of hydrogen-bond donors (Lipinski definition) is 2. The first-order valence-corrected chi connectivity index (χ1v) is 8.85. The van der Waals surface area contributed by atoms with Crippen molar-refractivity contribution < 1.29 is 13.2 Å². The topological polar surface area (TPSA) is 116 Å². The van der Waals surface area contributed by atoms with E-state index < -0.39 is 9.84 Å². The van der Waals surface area contributed by atoms with Gasteiger partial charge in [-0.05, 0) is 0 Å². The number of thiophene rings is 1. The predicted octanol–water partition coefficient (Wildman–Crippen LogP) is 0.750. The van der Waals surface area contributed by atoms with Crippen LogP contribution in [-0.2, 0) is 9.84 Å². The van der Waals surface area contributed by atoms with E-state index in [9.17, 15) is 13.2 Å². The third kappa shape index (κ3) is 4.09. The molecule has 1 aromatic rings. The average Bonchev–Trinajstić information content (AvgIpc) is 2.73. The van der Waals surface area contributed by atoms with Crippen LogP contribution in [0.25, 0.3) is 0 Å². The third-order valence-electron chi connectivity index (χ3n) is 2.80. The summed E-state index contributed by atoms with van der Waals surface area (Å²) in [6, 6.07) is 1.94. The van der Waals surface area contributed by atoms with Gasteiger partial charge in [0.25, 0.3) is 5.91 Å². The lowest BCUT2D eigenvalue weighted by atomic mass is 10.2. The van der Waals surface area contributed by atoms with Gasteiger partial charge in [0.1, 0.15) is 21.5 Å². The van der Waals surface area contributed by atoms with Gasteiger partial charge >= 0.3 is 0 Å². The van der Waals surface area contributed by atoms with Gasteiger partial charge in [-0.25, -0.2) is 8.42 Å². The molecular formula is C12H18N4O3S2. The Morgan fingerprint density at radius 1 is 1.48 bits per heavy atom. The van der Waals surface area contributed by atoms with Gasteiger partial charge in [0.2, 0.25) is 0 Å². The molecule has 0 unspecified atom stereocenters. The highest BCUT2D eigenvalue weighted by atomic mass is 32.2. The number of carbonyl (C=O) groups excluding carboxylic acids is 1. The molecular weight excluding hydrogens is 312 g/mol. The first-order valence-electron chi connectivity index (χ1n) is 6.21. The lowest BCUT2D eigenvalue weighted by Gasteiger charge is -2.08. The smallest absolute Gasteiger partial charge is 0.265 e. The number of nitrogen functional groups attached to an aromatic ring is 1. The summed E-state index contributed by atoms with van der Waals surface area (Å²) in [7, 11) is 0.0940. The zero-order valence-electron chi connectivity index (χ0n) is 12.1. The molecule has 7 nitrogen and oxygen atoms in total. The van der Waals surface area contributed by atoms with Crippen molar-refractivity contribution in [3.63, 3.8) is 0 Å². The van der Waals surface area contributed by atoms with E-state index in [0.717, 1.165) is 11.3 Å². The molecule has 0 spiro atoms. The highest BCUT2D eigenvalue weighted by molar-refractivity contribution is 7.91. The summed E-state index contributed by atoms with van der Waals surface area (Å²) in [5, 5.41) is 12.4. The molecule has 0 aliphatic rings. The molecule has 0 aromatic carbocycles. The number of rotatable bonds is 6. The third-order valence-corrected chi connectivity index (χ3v) is 5.65. The van der Waals surface area contributed by atoms with Crippen LogP contribution in [0, 0.1) is 11.3 Å². The van der Waals surface area contributed by atoms with E-state index in [1.807, 2.05) is 6.07 Å². The predicted molar refractivity (Wildman–Crippen MR) is 84.3 cm³/mol. The Hall–Kier alpha value is -1.79. The van der Waals surface area contributed by atoms with Crippen molar-refractivity contribution in [3.8, 4) is 6.07 Å². The van der Waals surface area contributed by atoms with Gasteiger partial charge in [-0.3, -0.25) is 4.79 Å². The second kappa shape index (κ2) is 6.78. The van der Waals surface area contributed by atoms with Crippen LogP contribution in [0.5, 0.6) is 0 Å². The molecule has 21 heavy (non-hydrogen) atoms. The summed E-state index contributed by atoms with van der Waals surface area (Å²) in [5.74, 6) is -0.261. The monoisotopic (exact) mass is 330 g/mol. The molecule has 0 saturated heterocycles. The Morgan fingerprint density at radius 2 is 2.10 bits per heavy atom. The first kappa shape index (κ1) is 17.3. The van der Waals surface area contributed by atoms with Gasteiger partial charge in [0, 0.05) is 26.4 Å². The molecule has 0 aliphatic heterocycles. The molecule has 0 fully saturated rings. The SMILES string of the molecule is CCS(=O)(=O)CCNc1sc(C(=O)N(C)C)c(N)c1C#N. The molecule has 9 heteroatoms. The number of nitrogens with two attached hydrogens (primary N) is 1. The summed E-state index contributed by atoms with van der Waals surface area (Å²) >= 11 is 1.06. The second-order valence-corrected chi connectivity index (χ2v) is 8.02. The number of hydrogen-bond acceptors (Lipinski definition) is 7. The van der Waals surface area contributed by atoms with Crippen molar-refractivity contribution in [2.75, 3.05) is 43.2 Å². The highest BCUT2D eigenvalue weighted by Crippen LogP contribution is 2.35. The molecule has 0 bridgehead atoms. The van der Waals surface area contributed by atoms with E-state index in [-0.39, 0.29) is 40.1 Å². The van der Waals surface area contributed by atoms with E-state index in [1.165, 1.54) is 4.90 Å². The van der Waals surface area contributed by atoms with Gasteiger partial charge in [-0.2, -0.15) is 5.26 Å². The Balaban J connectivity index is 2.96. The number of nitrogens with zero attached hydrogens (tertiary/aromatic N) is 2. The van der Waals surface area contributed by atoms with Crippen molar-refractivity contribution >= 4 is 37.8 Å². The minimum Gasteiger partial charge on any atom is -0.396 e. The molecule has 0 saturated carbocycles. The van der Waals surface area contributed by atoms with Crippen LogP contribution in [0.4, 0.5) is 10.7 Å². The van der Waals surface area contributed by atoms with Crippen molar-refractivity contribution in [2.45, 2.75) is 6.92 Å². The van der Waals surface area contributed by atoms with Crippen LogP contribution >= 0.6 is 11.3 Å². The molecule has 3 N–H and O–H groups in total. The molecule has 0 aliphatic carbocycles. The van der Waals surface area contributed by atoms with Crippen molar-refractivity contribution in [2.24, 2.45) is 0 Å². The van der Waals surface area contributed by atoms with Gasteiger partial charge in [-0.15, -0.1) is 11.3 Å². The van der Waals surface area contributed by atoms with Gasteiger partial charge in [0.15, 0.2) is 9.84 Å². The van der Waals surface area contributed by atoms with Crippen molar-refractivity contribution in [1.29, 1.82) is 5.26 Å². The van der Waals surface area contributed by atoms with Crippen LogP contribution in [0.1, 0.15) is 22.2 Å². The molecule has 1 amide bonds. The fourth-order valence-electron chi connectivity index (χ4n) is 1.51. The summed E-state index contributed by atoms with van der Waals surface area (Å²) < 4.78 is 22.9. The number of nitriles is 1. The number of nitrogens with one attached hydrogen (secondary N) is 1. The lowest BCUT2D eigenvalue weighted by molar-refractivity contribution is 0.0833. The molecule has 1 aromatic heterocycles. The Morgan fingerprint density at radius 3 is 2.57 bits per heavy atom. The Labute approximate surface area is 128 Å². The molecule has 0 radical (unpaired) electrons. The highest BCUT2D eigenvalue weighted by Gasteiger charge is 2.22. The number of sulfone groups is 1. The maximum Gasteiger partial charge on any atom is 0.265 e. The van der Waals surface area contributed by atoms with E-state index in [4.69, 9.17) is 11.0 Å². The fraction of sp³-hybridized carbons (Fsp3) is 0.500. The zero-order valence-corrected chi connectivity index (χ0v) is 13.8. The standard InChI is InChI=1S/C12H18N4O3S2/c1-4-21(18,19)6-5-15-11-8(7-13)9(14)10(20-11)12(17)16(2)3/h15H,4-6,14H2,1-3H3. The summed E-state index contributed by atoms with van der Waals surface area (Å²) in [4.78, 5) is 13.6. The summed E-state index contributed by atoms with van der Waals surface area (Å²) in [5.41, 5.74) is 6.13. The maximum absolute atomic E-state index is 11.9. The van der Waals surface area contributed by atoms with Crippen LogP contribution in [0.15, 0.2) is 0 Å². The van der Waals surface area contributed by atoms with E-state index in [2.05, 4.69) is 5.32 Å². The molecule has 0 atom stereocenters. The summed E-state index contributed by atoms with van der Waals surface area (Å²) in [6.07, 6.45) is 0. The number of carbonyl (C=O) groups is 1. The molecule has 1 heterocycles.